The maximum Gasteiger partial charge on any atom is 0.277 e. The Balaban J connectivity index is 3.04. The first-order chi connectivity index (χ1) is 9.77. The molecule has 0 aromatic heterocycles. The highest BCUT2D eigenvalue weighted by molar-refractivity contribution is 7.92. The molecule has 1 atom stereocenters. The average Bonchev–Trinajstić information content (AvgIpc) is 2.43. The second kappa shape index (κ2) is 7.58. The first-order valence-corrected chi connectivity index (χ1v) is 9.11. The van der Waals surface area contributed by atoms with Gasteiger partial charge in [-0.25, -0.2) is 8.42 Å². The first-order valence-electron chi connectivity index (χ1n) is 7.09. The molecule has 6 heteroatoms. The maximum absolute atomic E-state index is 12.4. The van der Waals surface area contributed by atoms with Gasteiger partial charge in [0.15, 0.2) is 0 Å². The Labute approximate surface area is 131 Å². The number of sulfone groups is 1. The Morgan fingerprint density at radius 2 is 1.76 bits per heavy atom. The Bertz CT molecular complexity index is 537. The predicted octanol–water partition coefficient (Wildman–Crippen LogP) is 2.84. The van der Waals surface area contributed by atoms with Gasteiger partial charge in [-0.1, -0.05) is 43.9 Å². The molecule has 1 rings (SSSR count). The van der Waals surface area contributed by atoms with Crippen molar-refractivity contribution >= 4 is 21.4 Å². The molecule has 0 saturated carbocycles. The van der Waals surface area contributed by atoms with Gasteiger partial charge in [0, 0.05) is 11.8 Å². The number of hydrogen-bond acceptors (Lipinski definition) is 4. The van der Waals surface area contributed by atoms with Gasteiger partial charge < -0.3 is 10.2 Å². The molecule has 0 aliphatic heterocycles. The molecular weight excluding hydrogens is 312 g/mol. The minimum absolute atomic E-state index is 0.108. The fraction of sp³-hybridized carbons (Fsp3) is 0.600. The van der Waals surface area contributed by atoms with E-state index in [9.17, 15) is 18.6 Å². The standard InChI is InChI=1S/C15H23ClO4S/c1-3-4-5-6-13(11-16)15(17,18)21(19,20)14-9-7-12(2)8-10-14/h7-10,13,17-18H,3-6,11H2,1-2H3. The summed E-state index contributed by atoms with van der Waals surface area (Å²) < 4.78 is 24.9. The highest BCUT2D eigenvalue weighted by Gasteiger charge is 2.47. The summed E-state index contributed by atoms with van der Waals surface area (Å²) in [6.07, 6.45) is 2.92. The summed E-state index contributed by atoms with van der Waals surface area (Å²) in [6, 6.07) is 6.00. The van der Waals surface area contributed by atoms with Gasteiger partial charge in [-0.3, -0.25) is 0 Å². The molecular formula is C15H23ClO4S. The monoisotopic (exact) mass is 334 g/mol. The molecule has 0 amide bonds. The molecule has 0 aliphatic carbocycles. The van der Waals surface area contributed by atoms with E-state index in [1.165, 1.54) is 12.1 Å². The number of halogens is 1. The van der Waals surface area contributed by atoms with E-state index in [1.807, 2.05) is 13.8 Å². The van der Waals surface area contributed by atoms with Gasteiger partial charge >= 0.3 is 0 Å². The van der Waals surface area contributed by atoms with Crippen molar-refractivity contribution in [2.24, 2.45) is 5.92 Å². The number of hydrogen-bond donors (Lipinski definition) is 2. The largest absolute Gasteiger partial charge is 0.353 e. The van der Waals surface area contributed by atoms with Crippen LogP contribution >= 0.6 is 11.6 Å². The van der Waals surface area contributed by atoms with Gasteiger partial charge in [-0.15, -0.1) is 11.6 Å². The van der Waals surface area contributed by atoms with E-state index in [-0.39, 0.29) is 10.8 Å². The SMILES string of the molecule is CCCCCC(CCl)C(O)(O)S(=O)(=O)c1ccc(C)cc1. The topological polar surface area (TPSA) is 74.6 Å². The van der Waals surface area contributed by atoms with Crippen molar-refractivity contribution in [3.8, 4) is 0 Å². The summed E-state index contributed by atoms with van der Waals surface area (Å²) in [7, 11) is -4.28. The lowest BCUT2D eigenvalue weighted by Gasteiger charge is -2.29. The van der Waals surface area contributed by atoms with Gasteiger partial charge in [-0.2, -0.15) is 0 Å². The molecule has 2 N–H and O–H groups in total. The summed E-state index contributed by atoms with van der Waals surface area (Å²) in [5.41, 5.74) is 0.896. The Hall–Kier alpha value is -0.620. The minimum atomic E-state index is -4.28. The maximum atomic E-state index is 12.4. The van der Waals surface area contributed by atoms with E-state index in [0.29, 0.717) is 12.8 Å². The normalized spacial score (nSPS) is 14.1. The van der Waals surface area contributed by atoms with E-state index < -0.39 is 20.9 Å². The molecule has 120 valence electrons. The van der Waals surface area contributed by atoms with Crippen molar-refractivity contribution in [1.29, 1.82) is 0 Å². The lowest BCUT2D eigenvalue weighted by molar-refractivity contribution is -0.123. The molecule has 4 nitrogen and oxygen atoms in total. The van der Waals surface area contributed by atoms with Crippen LogP contribution in [0.15, 0.2) is 29.2 Å². The third kappa shape index (κ3) is 4.19. The van der Waals surface area contributed by atoms with Gasteiger partial charge in [0.1, 0.15) is 0 Å². The van der Waals surface area contributed by atoms with Crippen molar-refractivity contribution in [2.45, 2.75) is 49.5 Å². The molecule has 0 heterocycles. The molecule has 1 aromatic rings. The lowest BCUT2D eigenvalue weighted by atomic mass is 10.0. The van der Waals surface area contributed by atoms with Crippen molar-refractivity contribution in [2.75, 3.05) is 5.88 Å². The molecule has 0 aliphatic rings. The number of aryl methyl sites for hydroxylation is 1. The second-order valence-electron chi connectivity index (χ2n) is 5.32. The van der Waals surface area contributed by atoms with E-state index in [1.54, 1.807) is 12.1 Å². The number of unbranched alkanes of at least 4 members (excludes halogenated alkanes) is 2. The van der Waals surface area contributed by atoms with Gasteiger partial charge in [0.25, 0.3) is 5.12 Å². The smallest absolute Gasteiger partial charge is 0.277 e. The van der Waals surface area contributed by atoms with Gasteiger partial charge in [0.2, 0.25) is 9.84 Å². The fourth-order valence-corrected chi connectivity index (χ4v) is 4.06. The third-order valence-electron chi connectivity index (χ3n) is 3.60. The molecule has 0 saturated heterocycles. The van der Waals surface area contributed by atoms with Crippen LogP contribution in [0.25, 0.3) is 0 Å². The molecule has 0 spiro atoms. The van der Waals surface area contributed by atoms with Crippen molar-refractivity contribution in [3.63, 3.8) is 0 Å². The quantitative estimate of drug-likeness (QED) is 0.435. The summed E-state index contributed by atoms with van der Waals surface area (Å²) in [4.78, 5) is -0.108. The minimum Gasteiger partial charge on any atom is -0.353 e. The summed E-state index contributed by atoms with van der Waals surface area (Å²) >= 11 is 5.77. The molecule has 1 aromatic carbocycles. The summed E-state index contributed by atoms with van der Waals surface area (Å²) in [5.74, 6) is -1.04. The van der Waals surface area contributed by atoms with Crippen LogP contribution in [0.2, 0.25) is 0 Å². The number of benzene rings is 1. The highest BCUT2D eigenvalue weighted by Crippen LogP contribution is 2.32. The molecule has 0 bridgehead atoms. The number of aliphatic hydroxyl groups is 2. The van der Waals surface area contributed by atoms with Crippen LogP contribution in [0, 0.1) is 12.8 Å². The van der Waals surface area contributed by atoms with E-state index in [4.69, 9.17) is 11.6 Å². The Kier molecular flexibility index (Phi) is 6.66. The molecule has 21 heavy (non-hydrogen) atoms. The van der Waals surface area contributed by atoms with Crippen molar-refractivity contribution in [3.05, 3.63) is 29.8 Å². The summed E-state index contributed by atoms with van der Waals surface area (Å²) in [5, 5.41) is 17.6. The molecule has 0 fully saturated rings. The van der Waals surface area contributed by atoms with Crippen LogP contribution in [0.5, 0.6) is 0 Å². The Morgan fingerprint density at radius 3 is 2.24 bits per heavy atom. The van der Waals surface area contributed by atoms with Gasteiger partial charge in [-0.05, 0) is 25.5 Å². The highest BCUT2D eigenvalue weighted by atomic mass is 35.5. The van der Waals surface area contributed by atoms with E-state index in [0.717, 1.165) is 18.4 Å². The predicted molar refractivity (Wildman–Crippen MR) is 83.9 cm³/mol. The van der Waals surface area contributed by atoms with Crippen molar-refractivity contribution < 1.29 is 18.6 Å². The van der Waals surface area contributed by atoms with E-state index >= 15 is 0 Å². The average molecular weight is 335 g/mol. The van der Waals surface area contributed by atoms with Crippen LogP contribution < -0.4 is 0 Å². The first kappa shape index (κ1) is 18.4. The van der Waals surface area contributed by atoms with Crippen molar-refractivity contribution in [1.82, 2.24) is 0 Å². The third-order valence-corrected chi connectivity index (χ3v) is 5.99. The van der Waals surface area contributed by atoms with E-state index in [2.05, 4.69) is 0 Å². The van der Waals surface area contributed by atoms with Crippen LogP contribution in [0.1, 0.15) is 38.2 Å². The van der Waals surface area contributed by atoms with Crippen LogP contribution in [-0.2, 0) is 9.84 Å². The zero-order chi connectivity index (χ0) is 16.1. The zero-order valence-corrected chi connectivity index (χ0v) is 14.0. The fourth-order valence-electron chi connectivity index (χ4n) is 2.12. The lowest BCUT2D eigenvalue weighted by Crippen LogP contribution is -2.46. The summed E-state index contributed by atoms with van der Waals surface area (Å²) in [6.45, 7) is 3.84. The Morgan fingerprint density at radius 1 is 1.19 bits per heavy atom. The molecule has 1 unspecified atom stereocenters. The number of alkyl halides is 1. The van der Waals surface area contributed by atoms with Crippen LogP contribution in [0.4, 0.5) is 0 Å². The van der Waals surface area contributed by atoms with Gasteiger partial charge in [0.05, 0.1) is 4.90 Å². The molecule has 0 radical (unpaired) electrons. The zero-order valence-electron chi connectivity index (χ0n) is 12.4. The second-order valence-corrected chi connectivity index (χ2v) is 7.71. The van der Waals surface area contributed by atoms with Crippen LogP contribution in [-0.4, -0.2) is 29.6 Å². The van der Waals surface area contributed by atoms with Crippen LogP contribution in [0.3, 0.4) is 0 Å². The number of rotatable bonds is 8.